The zero-order chi connectivity index (χ0) is 20.5. The molecule has 0 bridgehead atoms. The predicted octanol–water partition coefficient (Wildman–Crippen LogP) is 4.42. The molecule has 5 rings (SSSR count). The van der Waals surface area contributed by atoms with Gasteiger partial charge in [-0.3, -0.25) is 4.79 Å². The van der Waals surface area contributed by atoms with E-state index in [-0.39, 0.29) is 5.91 Å². The fourth-order valence-electron chi connectivity index (χ4n) is 3.96. The van der Waals surface area contributed by atoms with E-state index in [9.17, 15) is 4.79 Å². The number of anilines is 2. The van der Waals surface area contributed by atoms with Gasteiger partial charge >= 0.3 is 0 Å². The van der Waals surface area contributed by atoms with Crippen LogP contribution < -0.4 is 10.2 Å². The number of hydrogen-bond acceptors (Lipinski definition) is 5. The van der Waals surface area contributed by atoms with Crippen molar-refractivity contribution in [1.29, 1.82) is 0 Å². The van der Waals surface area contributed by atoms with Gasteiger partial charge in [0, 0.05) is 30.4 Å². The third-order valence-electron chi connectivity index (χ3n) is 5.44. The van der Waals surface area contributed by atoms with E-state index in [0.29, 0.717) is 12.2 Å². The Balaban J connectivity index is 1.33. The summed E-state index contributed by atoms with van der Waals surface area (Å²) in [6, 6.07) is 7.57. The summed E-state index contributed by atoms with van der Waals surface area (Å²) in [6.07, 6.45) is 7.44. The fourth-order valence-corrected chi connectivity index (χ4v) is 4.83. The Morgan fingerprint density at radius 1 is 1.23 bits per heavy atom. The summed E-state index contributed by atoms with van der Waals surface area (Å²) >= 11 is 1.69. The number of imidazole rings is 1. The first-order valence-electron chi connectivity index (χ1n) is 10.3. The summed E-state index contributed by atoms with van der Waals surface area (Å²) in [4.78, 5) is 27.5. The van der Waals surface area contributed by atoms with Crippen LogP contribution in [0, 0.1) is 6.92 Å². The van der Waals surface area contributed by atoms with E-state index in [2.05, 4.69) is 25.6 Å². The van der Waals surface area contributed by atoms with Gasteiger partial charge in [-0.2, -0.15) is 0 Å². The van der Waals surface area contributed by atoms with Gasteiger partial charge in [-0.05, 0) is 56.0 Å². The van der Waals surface area contributed by atoms with Crippen LogP contribution in [0.3, 0.4) is 0 Å². The molecule has 0 unspecified atom stereocenters. The van der Waals surface area contributed by atoms with E-state index < -0.39 is 0 Å². The molecule has 0 spiro atoms. The van der Waals surface area contributed by atoms with Gasteiger partial charge < -0.3 is 19.8 Å². The largest absolute Gasteiger partial charge is 0.348 e. The van der Waals surface area contributed by atoms with Crippen molar-refractivity contribution in [3.63, 3.8) is 0 Å². The molecule has 1 aliphatic heterocycles. The van der Waals surface area contributed by atoms with Crippen LogP contribution in [-0.4, -0.2) is 38.5 Å². The monoisotopic (exact) mass is 420 g/mol. The number of aromatic nitrogens is 4. The number of nitrogens with zero attached hydrogens (tertiary/aromatic N) is 4. The number of thiazole rings is 1. The minimum Gasteiger partial charge on any atom is -0.348 e. The molecule has 0 atom stereocenters. The number of carbonyl (C=O) groups is 1. The number of H-pyrrole nitrogens is 1. The minimum atomic E-state index is -0.131. The zero-order valence-corrected chi connectivity index (χ0v) is 17.7. The lowest BCUT2D eigenvalue weighted by atomic mass is 10.1. The van der Waals surface area contributed by atoms with Crippen LogP contribution in [0.15, 0.2) is 42.2 Å². The van der Waals surface area contributed by atoms with Crippen LogP contribution in [0.5, 0.6) is 0 Å². The van der Waals surface area contributed by atoms with Crippen LogP contribution in [0.25, 0.3) is 11.0 Å². The van der Waals surface area contributed by atoms with E-state index in [4.69, 9.17) is 4.98 Å². The highest BCUT2D eigenvalue weighted by Crippen LogP contribution is 2.25. The van der Waals surface area contributed by atoms with Crippen LogP contribution in [0.4, 0.5) is 10.8 Å². The van der Waals surface area contributed by atoms with Gasteiger partial charge in [0.05, 0.1) is 29.6 Å². The highest BCUT2D eigenvalue weighted by atomic mass is 32.1. The second-order valence-corrected chi connectivity index (χ2v) is 8.62. The number of benzene rings is 1. The lowest BCUT2D eigenvalue weighted by molar-refractivity contribution is 0.101. The van der Waals surface area contributed by atoms with Crippen molar-refractivity contribution < 1.29 is 4.79 Å². The number of aromatic amines is 1. The first-order chi connectivity index (χ1) is 14.7. The molecule has 8 heteroatoms. The molecule has 4 heterocycles. The number of piperidine rings is 1. The minimum absolute atomic E-state index is 0.131. The van der Waals surface area contributed by atoms with E-state index in [1.54, 1.807) is 17.7 Å². The number of nitrogens with one attached hydrogen (secondary N) is 2. The molecular weight excluding hydrogens is 396 g/mol. The van der Waals surface area contributed by atoms with Crippen molar-refractivity contribution in [1.82, 2.24) is 19.5 Å². The van der Waals surface area contributed by atoms with Gasteiger partial charge in [0.25, 0.3) is 5.91 Å². The average molecular weight is 421 g/mol. The second-order valence-electron chi connectivity index (χ2n) is 7.79. The van der Waals surface area contributed by atoms with Crippen molar-refractivity contribution in [2.24, 2.45) is 0 Å². The number of rotatable bonds is 5. The van der Waals surface area contributed by atoms with Crippen molar-refractivity contribution >= 4 is 39.1 Å². The summed E-state index contributed by atoms with van der Waals surface area (Å²) in [5.74, 6) is -0.131. The molecule has 2 N–H and O–H groups in total. The van der Waals surface area contributed by atoms with Gasteiger partial charge in [0.2, 0.25) is 0 Å². The number of fused-ring (bicyclic) bond motifs is 1. The molecule has 30 heavy (non-hydrogen) atoms. The third-order valence-corrected chi connectivity index (χ3v) is 6.39. The average Bonchev–Trinajstić information content (AvgIpc) is 3.48. The van der Waals surface area contributed by atoms with E-state index >= 15 is 0 Å². The maximum absolute atomic E-state index is 13.0. The molecule has 1 amide bonds. The molecule has 1 saturated heterocycles. The smallest absolute Gasteiger partial charge is 0.272 e. The predicted molar refractivity (Wildman–Crippen MR) is 120 cm³/mol. The molecule has 1 fully saturated rings. The Morgan fingerprint density at radius 3 is 2.97 bits per heavy atom. The van der Waals surface area contributed by atoms with Crippen molar-refractivity contribution in [2.45, 2.75) is 32.7 Å². The number of amides is 1. The Bertz CT molecular complexity index is 1180. The number of carbonyl (C=O) groups excluding carboxylic acids is 1. The van der Waals surface area contributed by atoms with E-state index in [0.717, 1.165) is 46.2 Å². The summed E-state index contributed by atoms with van der Waals surface area (Å²) in [7, 11) is 0. The van der Waals surface area contributed by atoms with Gasteiger partial charge in [0.15, 0.2) is 5.13 Å². The molecule has 7 nitrogen and oxygen atoms in total. The Hall–Kier alpha value is -3.13. The Morgan fingerprint density at radius 2 is 2.10 bits per heavy atom. The standard InChI is InChI=1S/C22H24N6OS/c1-15-9-20(21(29)25-16-5-6-18-19(10-16)24-14-23-18)28(11-15)12-17-13-30-22(26-17)27-7-3-2-4-8-27/h5-6,9-11,13-14H,2-4,7-8,12H2,1H3,(H,23,24)(H,25,29). The van der Waals surface area contributed by atoms with Gasteiger partial charge in [0.1, 0.15) is 5.69 Å². The van der Waals surface area contributed by atoms with Crippen LogP contribution >= 0.6 is 11.3 Å². The number of hydrogen-bond donors (Lipinski definition) is 2. The molecule has 0 saturated carbocycles. The lowest BCUT2D eigenvalue weighted by Gasteiger charge is -2.25. The van der Waals surface area contributed by atoms with E-state index in [1.807, 2.05) is 42.0 Å². The normalized spacial score (nSPS) is 14.4. The van der Waals surface area contributed by atoms with Crippen molar-refractivity contribution in [3.8, 4) is 0 Å². The Labute approximate surface area is 178 Å². The summed E-state index contributed by atoms with van der Waals surface area (Å²) in [5, 5.41) is 6.20. The van der Waals surface area contributed by atoms with Crippen LogP contribution in [0.1, 0.15) is 41.0 Å². The lowest BCUT2D eigenvalue weighted by Crippen LogP contribution is -2.29. The summed E-state index contributed by atoms with van der Waals surface area (Å²) in [5.41, 5.74) is 5.18. The molecule has 0 aliphatic carbocycles. The molecule has 0 radical (unpaired) electrons. The van der Waals surface area contributed by atoms with Gasteiger partial charge in [-0.25, -0.2) is 9.97 Å². The first-order valence-corrected chi connectivity index (χ1v) is 11.1. The van der Waals surface area contributed by atoms with Gasteiger partial charge in [-0.1, -0.05) is 0 Å². The zero-order valence-electron chi connectivity index (χ0n) is 16.9. The maximum atomic E-state index is 13.0. The SMILES string of the molecule is Cc1cc(C(=O)Nc2ccc3nc[nH]c3c2)n(Cc2csc(N3CCCCC3)n2)c1. The maximum Gasteiger partial charge on any atom is 0.272 e. The number of aryl methyl sites for hydroxylation is 1. The highest BCUT2D eigenvalue weighted by molar-refractivity contribution is 7.13. The molecule has 154 valence electrons. The van der Waals surface area contributed by atoms with Crippen molar-refractivity contribution in [2.75, 3.05) is 23.3 Å². The van der Waals surface area contributed by atoms with Gasteiger partial charge in [-0.15, -0.1) is 11.3 Å². The topological polar surface area (TPSA) is 78.8 Å². The highest BCUT2D eigenvalue weighted by Gasteiger charge is 2.17. The van der Waals surface area contributed by atoms with E-state index in [1.165, 1.54) is 19.3 Å². The molecule has 1 aliphatic rings. The Kier molecular flexibility index (Phi) is 5.00. The third kappa shape index (κ3) is 3.82. The van der Waals surface area contributed by atoms with Crippen LogP contribution in [-0.2, 0) is 6.54 Å². The quantitative estimate of drug-likeness (QED) is 0.501. The first kappa shape index (κ1) is 18.9. The molecule has 3 aromatic heterocycles. The molecule has 1 aromatic carbocycles. The molecule has 4 aromatic rings. The molecular formula is C22H24N6OS. The van der Waals surface area contributed by atoms with Crippen LogP contribution in [0.2, 0.25) is 0 Å². The summed E-state index contributed by atoms with van der Waals surface area (Å²) < 4.78 is 1.98. The summed E-state index contributed by atoms with van der Waals surface area (Å²) in [6.45, 7) is 4.76. The fraction of sp³-hybridized carbons (Fsp3) is 0.318. The second kappa shape index (κ2) is 7.95. The van der Waals surface area contributed by atoms with Crippen molar-refractivity contribution in [3.05, 3.63) is 59.1 Å².